The molecule has 0 aliphatic rings. The molecule has 2 aromatic rings. The van der Waals surface area contributed by atoms with E-state index in [0.717, 1.165) is 4.47 Å². The summed E-state index contributed by atoms with van der Waals surface area (Å²) in [5.74, 6) is -0.444. The van der Waals surface area contributed by atoms with Crippen LogP contribution >= 0.6 is 43.5 Å². The van der Waals surface area contributed by atoms with Crippen molar-refractivity contribution in [3.8, 4) is 5.75 Å². The van der Waals surface area contributed by atoms with Gasteiger partial charge in [0.15, 0.2) is 0 Å². The predicted molar refractivity (Wildman–Crippen MR) is 90.0 cm³/mol. The number of nitrogens with one attached hydrogen (secondary N) is 1. The molecule has 0 radical (unpaired) electrons. The van der Waals surface area contributed by atoms with Crippen LogP contribution in [0.25, 0.3) is 0 Å². The van der Waals surface area contributed by atoms with Gasteiger partial charge in [-0.1, -0.05) is 43.5 Å². The minimum atomic E-state index is -0.348. The molecule has 1 amide bonds. The molecule has 2 N–H and O–H groups in total. The molecule has 0 heterocycles. The van der Waals surface area contributed by atoms with Crippen LogP contribution in [-0.4, -0.2) is 17.2 Å². The van der Waals surface area contributed by atoms with Crippen LogP contribution < -0.4 is 5.43 Å². The van der Waals surface area contributed by atoms with Crippen molar-refractivity contribution < 1.29 is 9.90 Å². The lowest BCUT2D eigenvalue weighted by Gasteiger charge is -2.03. The Kier molecular flexibility index (Phi) is 5.39. The second-order valence-electron chi connectivity index (χ2n) is 4.03. The first-order valence-corrected chi connectivity index (χ1v) is 7.71. The Balaban J connectivity index is 2.09. The molecule has 0 spiro atoms. The number of halogens is 3. The quantitative estimate of drug-likeness (QED) is 0.560. The van der Waals surface area contributed by atoms with Gasteiger partial charge < -0.3 is 5.11 Å². The fourth-order valence-electron chi connectivity index (χ4n) is 1.51. The number of nitrogens with zero attached hydrogens (tertiary/aromatic N) is 1. The molecule has 2 rings (SSSR count). The van der Waals surface area contributed by atoms with Crippen molar-refractivity contribution in [1.82, 2.24) is 5.43 Å². The van der Waals surface area contributed by atoms with E-state index < -0.39 is 0 Å². The molecule has 0 aromatic heterocycles. The summed E-state index contributed by atoms with van der Waals surface area (Å²) in [5, 5.41) is 13.8. The maximum atomic E-state index is 11.8. The van der Waals surface area contributed by atoms with Gasteiger partial charge >= 0.3 is 0 Å². The van der Waals surface area contributed by atoms with Gasteiger partial charge in [-0.2, -0.15) is 5.10 Å². The number of aromatic hydroxyl groups is 1. The molecule has 0 aliphatic heterocycles. The van der Waals surface area contributed by atoms with Crippen molar-refractivity contribution in [3.05, 3.63) is 61.5 Å². The number of hydrogen-bond acceptors (Lipinski definition) is 3. The lowest BCUT2D eigenvalue weighted by molar-refractivity contribution is 0.0955. The van der Waals surface area contributed by atoms with Crippen LogP contribution in [0.15, 0.2) is 50.4 Å². The molecule has 0 saturated carbocycles. The maximum Gasteiger partial charge on any atom is 0.271 e. The number of carbonyl (C=O) groups excluding carboxylic acids is 1. The third kappa shape index (κ3) is 4.30. The number of benzene rings is 2. The molecule has 7 heteroatoms. The fourth-order valence-corrected chi connectivity index (χ4v) is 2.61. The van der Waals surface area contributed by atoms with Crippen LogP contribution in [-0.2, 0) is 0 Å². The zero-order valence-corrected chi connectivity index (χ0v) is 14.4. The number of rotatable bonds is 3. The molecule has 4 nitrogen and oxygen atoms in total. The summed E-state index contributed by atoms with van der Waals surface area (Å²) in [5.41, 5.74) is 3.25. The van der Waals surface area contributed by atoms with Gasteiger partial charge in [-0.05, 0) is 36.4 Å². The first-order chi connectivity index (χ1) is 9.97. The van der Waals surface area contributed by atoms with Crippen LogP contribution in [0.1, 0.15) is 15.9 Å². The van der Waals surface area contributed by atoms with Gasteiger partial charge in [0.1, 0.15) is 5.75 Å². The van der Waals surface area contributed by atoms with Gasteiger partial charge in [-0.3, -0.25) is 4.79 Å². The standard InChI is InChI=1S/C14H9Br2ClN2O2/c15-10-3-1-8(2-4-10)14(21)19-18-7-9-5-11(16)6-12(17)13(9)20/h1-7,20H,(H,19,21)/b18-7+. The van der Waals surface area contributed by atoms with Crippen LogP contribution in [0.3, 0.4) is 0 Å². The van der Waals surface area contributed by atoms with Crippen molar-refractivity contribution in [2.75, 3.05) is 0 Å². The van der Waals surface area contributed by atoms with Crippen molar-refractivity contribution in [2.45, 2.75) is 0 Å². The molecule has 21 heavy (non-hydrogen) atoms. The number of carbonyl (C=O) groups is 1. The summed E-state index contributed by atoms with van der Waals surface area (Å²) >= 11 is 12.4. The van der Waals surface area contributed by atoms with Gasteiger partial charge in [0.25, 0.3) is 5.91 Å². The van der Waals surface area contributed by atoms with Gasteiger partial charge in [-0.15, -0.1) is 0 Å². The van der Waals surface area contributed by atoms with Crippen LogP contribution in [0.5, 0.6) is 5.75 Å². The Hall–Kier alpha value is -1.37. The first kappa shape index (κ1) is 16.0. The van der Waals surface area contributed by atoms with E-state index in [0.29, 0.717) is 15.6 Å². The van der Waals surface area contributed by atoms with Gasteiger partial charge in [-0.25, -0.2) is 5.43 Å². The minimum Gasteiger partial charge on any atom is -0.506 e. The Bertz CT molecular complexity index is 703. The predicted octanol–water partition coefficient (Wildman–Crippen LogP) is 4.33. The molecule has 2 aromatic carbocycles. The van der Waals surface area contributed by atoms with E-state index in [1.54, 1.807) is 36.4 Å². The van der Waals surface area contributed by atoms with E-state index in [-0.39, 0.29) is 16.7 Å². The van der Waals surface area contributed by atoms with Gasteiger partial charge in [0.05, 0.1) is 11.2 Å². The molecular formula is C14H9Br2ClN2O2. The van der Waals surface area contributed by atoms with E-state index in [2.05, 4.69) is 42.4 Å². The molecule has 0 fully saturated rings. The monoisotopic (exact) mass is 430 g/mol. The van der Waals surface area contributed by atoms with E-state index in [1.807, 2.05) is 0 Å². The van der Waals surface area contributed by atoms with Crippen LogP contribution in [0.2, 0.25) is 5.02 Å². The van der Waals surface area contributed by atoms with E-state index in [9.17, 15) is 9.90 Å². The Labute approximate surface area is 143 Å². The van der Waals surface area contributed by atoms with Gasteiger partial charge in [0, 0.05) is 20.1 Å². The highest BCUT2D eigenvalue weighted by molar-refractivity contribution is 9.10. The Morgan fingerprint density at radius 2 is 1.86 bits per heavy atom. The first-order valence-electron chi connectivity index (χ1n) is 5.74. The molecule has 0 aliphatic carbocycles. The summed E-state index contributed by atoms with van der Waals surface area (Å²) in [6, 6.07) is 10.1. The van der Waals surface area contributed by atoms with Crippen molar-refractivity contribution in [3.63, 3.8) is 0 Å². The number of phenols is 1. The summed E-state index contributed by atoms with van der Waals surface area (Å²) in [6.45, 7) is 0. The molecule has 0 saturated heterocycles. The summed E-state index contributed by atoms with van der Waals surface area (Å²) < 4.78 is 1.59. The molecular weight excluding hydrogens is 423 g/mol. The third-order valence-electron chi connectivity index (χ3n) is 2.53. The smallest absolute Gasteiger partial charge is 0.271 e. The van der Waals surface area contributed by atoms with Crippen molar-refractivity contribution in [1.29, 1.82) is 0 Å². The van der Waals surface area contributed by atoms with E-state index in [1.165, 1.54) is 6.21 Å². The molecule has 108 valence electrons. The normalized spacial score (nSPS) is 10.8. The molecule has 0 unspecified atom stereocenters. The lowest BCUT2D eigenvalue weighted by atomic mass is 10.2. The fraction of sp³-hybridized carbons (Fsp3) is 0. The van der Waals surface area contributed by atoms with Crippen LogP contribution in [0.4, 0.5) is 0 Å². The van der Waals surface area contributed by atoms with E-state index >= 15 is 0 Å². The summed E-state index contributed by atoms with van der Waals surface area (Å²) in [6.07, 6.45) is 1.32. The number of hydrazone groups is 1. The molecule has 0 bridgehead atoms. The van der Waals surface area contributed by atoms with Crippen molar-refractivity contribution in [2.24, 2.45) is 5.10 Å². The van der Waals surface area contributed by atoms with Crippen molar-refractivity contribution >= 4 is 55.6 Å². The Morgan fingerprint density at radius 3 is 2.52 bits per heavy atom. The highest BCUT2D eigenvalue weighted by atomic mass is 79.9. The topological polar surface area (TPSA) is 61.7 Å². The minimum absolute atomic E-state index is 0.0958. The third-order valence-corrected chi connectivity index (χ3v) is 3.81. The maximum absolute atomic E-state index is 11.8. The number of phenolic OH excluding ortho intramolecular Hbond substituents is 1. The Morgan fingerprint density at radius 1 is 1.19 bits per heavy atom. The largest absolute Gasteiger partial charge is 0.506 e. The summed E-state index contributed by atoms with van der Waals surface area (Å²) in [7, 11) is 0. The van der Waals surface area contributed by atoms with Gasteiger partial charge in [0.2, 0.25) is 0 Å². The second-order valence-corrected chi connectivity index (χ2v) is 6.27. The number of amides is 1. The number of hydrogen-bond donors (Lipinski definition) is 2. The average Bonchev–Trinajstić information content (AvgIpc) is 2.44. The van der Waals surface area contributed by atoms with E-state index in [4.69, 9.17) is 11.6 Å². The second kappa shape index (κ2) is 7.06. The lowest BCUT2D eigenvalue weighted by Crippen LogP contribution is -2.17. The SMILES string of the molecule is O=C(N/N=C/c1cc(Br)cc(Cl)c1O)c1ccc(Br)cc1. The summed E-state index contributed by atoms with van der Waals surface area (Å²) in [4.78, 5) is 11.8. The zero-order valence-electron chi connectivity index (χ0n) is 10.5. The average molecular weight is 432 g/mol. The van der Waals surface area contributed by atoms with Crippen LogP contribution in [0, 0.1) is 0 Å². The molecule has 0 atom stereocenters. The highest BCUT2D eigenvalue weighted by Crippen LogP contribution is 2.30. The highest BCUT2D eigenvalue weighted by Gasteiger charge is 2.06. The zero-order chi connectivity index (χ0) is 15.4.